The first-order valence-electron chi connectivity index (χ1n) is 26.2. The quantitative estimate of drug-likeness (QED) is 0.0262. The molecule has 9 heteroatoms. The summed E-state index contributed by atoms with van der Waals surface area (Å²) in [5.41, 5.74) is 0. The normalized spacial score (nSPS) is 20.5. The van der Waals surface area contributed by atoms with Gasteiger partial charge in [-0.25, -0.2) is 0 Å². The number of allylic oxidation sites excluding steroid dienone is 5. The third kappa shape index (κ3) is 33.0. The first-order chi connectivity index (χ1) is 30.3. The predicted octanol–water partition coefficient (Wildman–Crippen LogP) is 12.0. The van der Waals surface area contributed by atoms with Crippen LogP contribution in [0, 0.1) is 0 Å². The lowest BCUT2D eigenvalue weighted by Crippen LogP contribution is -2.60. The van der Waals surface area contributed by atoms with Crippen molar-refractivity contribution in [3.05, 3.63) is 36.5 Å². The molecular weight excluding hydrogens is 779 g/mol. The van der Waals surface area contributed by atoms with Crippen molar-refractivity contribution >= 4 is 5.91 Å². The Morgan fingerprint density at radius 2 is 0.919 bits per heavy atom. The number of hydrogen-bond donors (Lipinski definition) is 6. The average molecular weight is 878 g/mol. The maximum Gasteiger partial charge on any atom is 0.220 e. The van der Waals surface area contributed by atoms with Gasteiger partial charge in [0.05, 0.1) is 25.4 Å². The molecule has 1 aliphatic heterocycles. The van der Waals surface area contributed by atoms with E-state index < -0.39 is 49.5 Å². The van der Waals surface area contributed by atoms with Crippen LogP contribution in [0.3, 0.4) is 0 Å². The maximum atomic E-state index is 13.0. The van der Waals surface area contributed by atoms with Gasteiger partial charge in [0.2, 0.25) is 5.91 Å². The van der Waals surface area contributed by atoms with E-state index in [9.17, 15) is 30.3 Å². The molecule has 0 aliphatic carbocycles. The highest BCUT2D eigenvalue weighted by Crippen LogP contribution is 2.23. The lowest BCUT2D eigenvalue weighted by molar-refractivity contribution is -0.302. The molecule has 0 aromatic rings. The highest BCUT2D eigenvalue weighted by molar-refractivity contribution is 5.76. The monoisotopic (exact) mass is 878 g/mol. The highest BCUT2D eigenvalue weighted by Gasteiger charge is 2.44. The molecule has 0 saturated carbocycles. The van der Waals surface area contributed by atoms with Crippen molar-refractivity contribution < 1.29 is 39.8 Å². The summed E-state index contributed by atoms with van der Waals surface area (Å²) in [5.74, 6) is -0.187. The van der Waals surface area contributed by atoms with E-state index in [1.807, 2.05) is 6.08 Å². The highest BCUT2D eigenvalue weighted by atomic mass is 16.7. The molecule has 1 fully saturated rings. The lowest BCUT2D eigenvalue weighted by Gasteiger charge is -2.40. The van der Waals surface area contributed by atoms with Gasteiger partial charge in [-0.15, -0.1) is 0 Å². The first-order valence-corrected chi connectivity index (χ1v) is 26.2. The number of hydrogen-bond acceptors (Lipinski definition) is 8. The fraction of sp³-hybridized carbons (Fsp3) is 0.868. The SMILES string of the molecule is CCCCCCC/C=C/CC/C=C/C(O)C(COC1OC(CO)C(O)C(O)C1O)NC(=O)CCCCCCCCCCCCCC/C=C\CCCCCCCCCCCCCC. The summed E-state index contributed by atoms with van der Waals surface area (Å²) in [6.07, 6.45) is 47.9. The molecule has 0 spiro atoms. The predicted molar refractivity (Wildman–Crippen MR) is 258 cm³/mol. The Bertz CT molecular complexity index is 1070. The largest absolute Gasteiger partial charge is 0.394 e. The van der Waals surface area contributed by atoms with Gasteiger partial charge in [0.25, 0.3) is 0 Å². The number of aliphatic hydroxyl groups excluding tert-OH is 5. The molecule has 1 rings (SSSR count). The van der Waals surface area contributed by atoms with Crippen molar-refractivity contribution in [3.8, 4) is 0 Å². The van der Waals surface area contributed by atoms with E-state index in [2.05, 4.69) is 43.5 Å². The Hall–Kier alpha value is -1.59. The van der Waals surface area contributed by atoms with Crippen LogP contribution in [-0.4, -0.2) is 87.5 Å². The molecule has 1 heterocycles. The zero-order valence-electron chi connectivity index (χ0n) is 40.1. The van der Waals surface area contributed by atoms with Crippen LogP contribution < -0.4 is 5.32 Å². The van der Waals surface area contributed by atoms with E-state index in [-0.39, 0.29) is 12.5 Å². The molecular formula is C53H99NO8. The van der Waals surface area contributed by atoms with Gasteiger partial charge in [-0.3, -0.25) is 4.79 Å². The minimum Gasteiger partial charge on any atom is -0.394 e. The Labute approximate surface area is 381 Å². The standard InChI is InChI=1S/C53H99NO8/c1-3-5-7-9-11-13-15-16-17-18-19-20-21-22-23-24-25-26-27-28-29-30-31-33-35-37-39-41-43-49(57)54-46(45-61-53-52(60)51(59)50(58)48(44-55)62-53)47(56)42-40-38-36-34-32-14-12-10-8-6-4-2/h22-23,32,34,40,42,46-48,50-53,55-56,58-60H,3-21,24-31,33,35-39,41,43-45H2,1-2H3,(H,54,57)/b23-22-,34-32+,42-40+. The van der Waals surface area contributed by atoms with E-state index in [0.717, 1.165) is 38.5 Å². The van der Waals surface area contributed by atoms with Crippen LogP contribution in [-0.2, 0) is 14.3 Å². The Balaban J connectivity index is 2.17. The molecule has 62 heavy (non-hydrogen) atoms. The fourth-order valence-corrected chi connectivity index (χ4v) is 8.23. The van der Waals surface area contributed by atoms with Crippen molar-refractivity contribution in [3.63, 3.8) is 0 Å². The minimum atomic E-state index is -1.57. The van der Waals surface area contributed by atoms with E-state index in [0.29, 0.717) is 6.42 Å². The van der Waals surface area contributed by atoms with Crippen LogP contribution in [0.25, 0.3) is 0 Å². The minimum absolute atomic E-state index is 0.187. The third-order valence-corrected chi connectivity index (χ3v) is 12.4. The van der Waals surface area contributed by atoms with Crippen LogP contribution in [0.4, 0.5) is 0 Å². The van der Waals surface area contributed by atoms with Crippen LogP contribution >= 0.6 is 0 Å². The third-order valence-electron chi connectivity index (χ3n) is 12.4. The molecule has 0 aromatic heterocycles. The molecule has 0 aromatic carbocycles. The molecule has 1 amide bonds. The zero-order valence-corrected chi connectivity index (χ0v) is 40.1. The number of carbonyl (C=O) groups excluding carboxylic acids is 1. The van der Waals surface area contributed by atoms with Gasteiger partial charge in [0.1, 0.15) is 24.4 Å². The molecule has 7 unspecified atom stereocenters. The Morgan fingerprint density at radius 1 is 0.532 bits per heavy atom. The molecule has 1 aliphatic rings. The van der Waals surface area contributed by atoms with Gasteiger partial charge >= 0.3 is 0 Å². The summed E-state index contributed by atoms with van der Waals surface area (Å²) in [6.45, 7) is 3.74. The van der Waals surface area contributed by atoms with Gasteiger partial charge in [-0.2, -0.15) is 0 Å². The van der Waals surface area contributed by atoms with Crippen molar-refractivity contribution in [2.75, 3.05) is 13.2 Å². The van der Waals surface area contributed by atoms with Gasteiger partial charge < -0.3 is 40.3 Å². The average Bonchev–Trinajstić information content (AvgIpc) is 3.27. The molecule has 9 nitrogen and oxygen atoms in total. The molecule has 364 valence electrons. The van der Waals surface area contributed by atoms with Crippen LogP contribution in [0.5, 0.6) is 0 Å². The number of aliphatic hydroxyl groups is 5. The molecule has 1 saturated heterocycles. The summed E-state index contributed by atoms with van der Waals surface area (Å²) in [5, 5.41) is 54.2. The summed E-state index contributed by atoms with van der Waals surface area (Å²) >= 11 is 0. The van der Waals surface area contributed by atoms with E-state index in [4.69, 9.17) is 9.47 Å². The summed E-state index contributed by atoms with van der Waals surface area (Å²) in [6, 6.07) is -0.819. The Kier molecular flexibility index (Phi) is 40.8. The molecule has 0 bridgehead atoms. The number of ether oxygens (including phenoxy) is 2. The number of amides is 1. The maximum absolute atomic E-state index is 13.0. The van der Waals surface area contributed by atoms with Crippen LogP contribution in [0.15, 0.2) is 36.5 Å². The first kappa shape index (κ1) is 58.4. The van der Waals surface area contributed by atoms with Crippen molar-refractivity contribution in [1.82, 2.24) is 5.32 Å². The van der Waals surface area contributed by atoms with E-state index in [1.165, 1.54) is 180 Å². The second-order valence-corrected chi connectivity index (χ2v) is 18.3. The molecule has 6 N–H and O–H groups in total. The zero-order chi connectivity index (χ0) is 45.1. The van der Waals surface area contributed by atoms with Crippen molar-refractivity contribution in [2.45, 2.75) is 281 Å². The second-order valence-electron chi connectivity index (χ2n) is 18.3. The number of carbonyl (C=O) groups is 1. The Morgan fingerprint density at radius 3 is 1.35 bits per heavy atom. The topological polar surface area (TPSA) is 149 Å². The summed E-state index contributed by atoms with van der Waals surface area (Å²) < 4.78 is 11.2. The van der Waals surface area contributed by atoms with Crippen molar-refractivity contribution in [1.29, 1.82) is 0 Å². The van der Waals surface area contributed by atoms with E-state index in [1.54, 1.807) is 6.08 Å². The van der Waals surface area contributed by atoms with Crippen LogP contribution in [0.2, 0.25) is 0 Å². The second kappa shape index (κ2) is 43.3. The van der Waals surface area contributed by atoms with Gasteiger partial charge in [-0.05, 0) is 57.8 Å². The summed E-state index contributed by atoms with van der Waals surface area (Å²) in [4.78, 5) is 13.0. The summed E-state index contributed by atoms with van der Waals surface area (Å²) in [7, 11) is 0. The molecule has 0 radical (unpaired) electrons. The molecule has 7 atom stereocenters. The van der Waals surface area contributed by atoms with Gasteiger partial charge in [0.15, 0.2) is 6.29 Å². The number of unbranched alkanes of at least 4 members (excludes halogenated alkanes) is 30. The fourth-order valence-electron chi connectivity index (χ4n) is 8.23. The van der Waals surface area contributed by atoms with Gasteiger partial charge in [-0.1, -0.05) is 211 Å². The van der Waals surface area contributed by atoms with Crippen molar-refractivity contribution in [2.24, 2.45) is 0 Å². The van der Waals surface area contributed by atoms with E-state index >= 15 is 0 Å². The smallest absolute Gasteiger partial charge is 0.220 e. The number of rotatable bonds is 44. The van der Waals surface area contributed by atoms with Crippen LogP contribution in [0.1, 0.15) is 239 Å². The lowest BCUT2D eigenvalue weighted by atomic mass is 9.99. The number of nitrogens with one attached hydrogen (secondary N) is 1. The van der Waals surface area contributed by atoms with Gasteiger partial charge in [0, 0.05) is 6.42 Å².